The Bertz CT molecular complexity index is 528. The number of nitrogens with one attached hydrogen (secondary N) is 1. The van der Waals surface area contributed by atoms with Gasteiger partial charge in [-0.1, -0.05) is 6.07 Å². The van der Waals surface area contributed by atoms with E-state index >= 15 is 0 Å². The van der Waals surface area contributed by atoms with Gasteiger partial charge in [0.15, 0.2) is 6.10 Å². The van der Waals surface area contributed by atoms with Crippen molar-refractivity contribution in [3.05, 3.63) is 23.8 Å². The van der Waals surface area contributed by atoms with Crippen LogP contribution in [0.3, 0.4) is 0 Å². The van der Waals surface area contributed by atoms with Crippen LogP contribution >= 0.6 is 0 Å². The Hall–Kier alpha value is -2.08. The summed E-state index contributed by atoms with van der Waals surface area (Å²) < 4.78 is 5.44. The molecule has 0 radical (unpaired) electrons. The molecule has 0 spiro atoms. The summed E-state index contributed by atoms with van der Waals surface area (Å²) in [6, 6.07) is 4.36. The van der Waals surface area contributed by atoms with Crippen LogP contribution in [0.2, 0.25) is 0 Å². The fourth-order valence-corrected chi connectivity index (χ4v) is 1.84. The molecular weight excluding hydrogens is 246 g/mol. The third-order valence-corrected chi connectivity index (χ3v) is 3.00. The summed E-state index contributed by atoms with van der Waals surface area (Å²) in [5.74, 6) is 0.175. The molecule has 0 aliphatic carbocycles. The van der Waals surface area contributed by atoms with Crippen molar-refractivity contribution in [2.75, 3.05) is 19.4 Å². The molecule has 102 valence electrons. The zero-order valence-corrected chi connectivity index (χ0v) is 11.1. The number of benzene rings is 1. The van der Waals surface area contributed by atoms with Crippen LogP contribution in [-0.2, 0) is 9.59 Å². The Morgan fingerprint density at radius 2 is 2.16 bits per heavy atom. The van der Waals surface area contributed by atoms with E-state index in [-0.39, 0.29) is 11.8 Å². The Morgan fingerprint density at radius 3 is 2.79 bits per heavy atom. The highest BCUT2D eigenvalue weighted by Crippen LogP contribution is 2.32. The molecule has 19 heavy (non-hydrogen) atoms. The first kappa shape index (κ1) is 13.4. The van der Waals surface area contributed by atoms with Crippen molar-refractivity contribution in [3.8, 4) is 5.75 Å². The summed E-state index contributed by atoms with van der Waals surface area (Å²) in [6.45, 7) is 1.67. The number of nitrogens with two attached hydrogens (primary N) is 1. The monoisotopic (exact) mass is 263 g/mol. The van der Waals surface area contributed by atoms with Crippen molar-refractivity contribution < 1.29 is 14.3 Å². The van der Waals surface area contributed by atoms with Gasteiger partial charge in [-0.3, -0.25) is 9.59 Å². The van der Waals surface area contributed by atoms with Gasteiger partial charge in [-0.2, -0.15) is 0 Å². The summed E-state index contributed by atoms with van der Waals surface area (Å²) in [7, 11) is 3.29. The first-order valence-electron chi connectivity index (χ1n) is 5.98. The van der Waals surface area contributed by atoms with Gasteiger partial charge in [-0.25, -0.2) is 0 Å². The normalized spacial score (nSPS) is 18.9. The number of amides is 2. The number of likely N-dealkylation sites (N-methyl/N-ethyl adjacent to an activating group) is 1. The molecule has 6 heteroatoms. The van der Waals surface area contributed by atoms with Gasteiger partial charge in [-0.15, -0.1) is 0 Å². The van der Waals surface area contributed by atoms with E-state index in [2.05, 4.69) is 5.32 Å². The van der Waals surface area contributed by atoms with Crippen LogP contribution in [0.5, 0.6) is 5.75 Å². The van der Waals surface area contributed by atoms with E-state index in [1.165, 1.54) is 4.90 Å². The van der Waals surface area contributed by atoms with Crippen LogP contribution < -0.4 is 15.8 Å². The van der Waals surface area contributed by atoms with E-state index in [0.717, 1.165) is 0 Å². The van der Waals surface area contributed by atoms with Gasteiger partial charge in [0.1, 0.15) is 11.8 Å². The van der Waals surface area contributed by atoms with Gasteiger partial charge < -0.3 is 20.7 Å². The van der Waals surface area contributed by atoms with E-state index in [1.807, 2.05) is 0 Å². The molecular formula is C13H17N3O3. The van der Waals surface area contributed by atoms with Crippen LogP contribution in [-0.4, -0.2) is 36.9 Å². The van der Waals surface area contributed by atoms with E-state index in [0.29, 0.717) is 17.0 Å². The molecule has 0 saturated heterocycles. The molecule has 6 nitrogen and oxygen atoms in total. The third-order valence-electron chi connectivity index (χ3n) is 3.00. The molecule has 0 saturated carbocycles. The second kappa shape index (κ2) is 4.89. The fourth-order valence-electron chi connectivity index (χ4n) is 1.84. The lowest BCUT2D eigenvalue weighted by molar-refractivity contribution is -0.130. The fraction of sp³-hybridized carbons (Fsp3) is 0.385. The van der Waals surface area contributed by atoms with Crippen molar-refractivity contribution in [2.45, 2.75) is 19.1 Å². The molecule has 1 heterocycles. The molecule has 0 bridgehead atoms. The summed E-state index contributed by atoms with van der Waals surface area (Å²) in [5.41, 5.74) is 7.07. The smallest absolute Gasteiger partial charge is 0.265 e. The van der Waals surface area contributed by atoms with Crippen molar-refractivity contribution >= 4 is 17.5 Å². The topological polar surface area (TPSA) is 84.7 Å². The minimum Gasteiger partial charge on any atom is -0.479 e. The van der Waals surface area contributed by atoms with Gasteiger partial charge in [0.05, 0.1) is 5.69 Å². The predicted octanol–water partition coefficient (Wildman–Crippen LogP) is 0.494. The zero-order chi connectivity index (χ0) is 14.2. The Morgan fingerprint density at radius 1 is 1.47 bits per heavy atom. The molecule has 3 N–H and O–H groups in total. The Labute approximate surface area is 111 Å². The van der Waals surface area contributed by atoms with Crippen molar-refractivity contribution in [3.63, 3.8) is 0 Å². The second-order valence-corrected chi connectivity index (χ2v) is 4.72. The number of rotatable bonds is 2. The SMILES string of the molecule is CC1Oc2ccc(C(N)C(=O)N(C)C)cc2NC1=O. The number of nitrogens with zero attached hydrogens (tertiary/aromatic N) is 1. The quantitative estimate of drug-likeness (QED) is 0.813. The number of hydrogen-bond donors (Lipinski definition) is 2. The lowest BCUT2D eigenvalue weighted by Gasteiger charge is -2.25. The number of ether oxygens (including phenoxy) is 1. The maximum absolute atomic E-state index is 11.8. The molecule has 1 aliphatic rings. The highest BCUT2D eigenvalue weighted by molar-refractivity contribution is 5.97. The zero-order valence-electron chi connectivity index (χ0n) is 11.1. The standard InChI is InChI=1S/C13H17N3O3/c1-7-12(17)15-9-6-8(4-5-10(9)19-7)11(14)13(18)16(2)3/h4-7,11H,14H2,1-3H3,(H,15,17). The highest BCUT2D eigenvalue weighted by atomic mass is 16.5. The van der Waals surface area contributed by atoms with Crippen molar-refractivity contribution in [1.29, 1.82) is 0 Å². The molecule has 1 aromatic carbocycles. The van der Waals surface area contributed by atoms with Crippen LogP contribution in [0.15, 0.2) is 18.2 Å². The van der Waals surface area contributed by atoms with Crippen LogP contribution in [0, 0.1) is 0 Å². The molecule has 2 amide bonds. The van der Waals surface area contributed by atoms with Crippen molar-refractivity contribution in [1.82, 2.24) is 4.90 Å². The predicted molar refractivity (Wildman–Crippen MR) is 70.8 cm³/mol. The van der Waals surface area contributed by atoms with Gasteiger partial charge in [0.25, 0.3) is 5.91 Å². The molecule has 2 rings (SSSR count). The number of fused-ring (bicyclic) bond motifs is 1. The largest absolute Gasteiger partial charge is 0.479 e. The first-order chi connectivity index (χ1) is 8.90. The maximum atomic E-state index is 11.8. The first-order valence-corrected chi connectivity index (χ1v) is 5.98. The Balaban J connectivity index is 2.29. The van der Waals surface area contributed by atoms with Gasteiger partial charge in [-0.05, 0) is 24.6 Å². The Kier molecular flexibility index (Phi) is 3.44. The van der Waals surface area contributed by atoms with E-state index < -0.39 is 12.1 Å². The second-order valence-electron chi connectivity index (χ2n) is 4.72. The molecule has 2 atom stereocenters. The molecule has 1 aliphatic heterocycles. The number of carbonyl (C=O) groups excluding carboxylic acids is 2. The average molecular weight is 263 g/mol. The number of anilines is 1. The lowest BCUT2D eigenvalue weighted by Crippen LogP contribution is -2.35. The molecule has 0 aromatic heterocycles. The molecule has 2 unspecified atom stereocenters. The summed E-state index contributed by atoms with van der Waals surface area (Å²) in [4.78, 5) is 24.8. The van der Waals surface area contributed by atoms with E-state index in [9.17, 15) is 9.59 Å². The summed E-state index contributed by atoms with van der Waals surface area (Å²) in [6.07, 6.45) is -0.518. The summed E-state index contributed by atoms with van der Waals surface area (Å²) in [5, 5.41) is 2.73. The minimum atomic E-state index is -0.753. The number of carbonyl (C=O) groups is 2. The van der Waals surface area contributed by atoms with Crippen LogP contribution in [0.25, 0.3) is 0 Å². The highest BCUT2D eigenvalue weighted by Gasteiger charge is 2.25. The number of hydrogen-bond acceptors (Lipinski definition) is 4. The maximum Gasteiger partial charge on any atom is 0.265 e. The lowest BCUT2D eigenvalue weighted by atomic mass is 10.0. The third kappa shape index (κ3) is 2.53. The van der Waals surface area contributed by atoms with Crippen molar-refractivity contribution in [2.24, 2.45) is 5.73 Å². The molecule has 1 aromatic rings. The van der Waals surface area contributed by atoms with Crippen LogP contribution in [0.4, 0.5) is 5.69 Å². The van der Waals surface area contributed by atoms with Gasteiger partial charge >= 0.3 is 0 Å². The van der Waals surface area contributed by atoms with E-state index in [4.69, 9.17) is 10.5 Å². The minimum absolute atomic E-state index is 0.198. The van der Waals surface area contributed by atoms with E-state index in [1.54, 1.807) is 39.2 Å². The summed E-state index contributed by atoms with van der Waals surface area (Å²) >= 11 is 0. The van der Waals surface area contributed by atoms with Crippen LogP contribution in [0.1, 0.15) is 18.5 Å². The van der Waals surface area contributed by atoms with Gasteiger partial charge in [0.2, 0.25) is 5.91 Å². The molecule has 0 fully saturated rings. The average Bonchev–Trinajstić information content (AvgIpc) is 2.37. The van der Waals surface area contributed by atoms with Gasteiger partial charge in [0, 0.05) is 14.1 Å².